The molecular weight excluding hydrogens is 252 g/mol. The molecule has 0 atom stereocenters. The van der Waals surface area contributed by atoms with Crippen molar-refractivity contribution >= 4 is 48.9 Å². The summed E-state index contributed by atoms with van der Waals surface area (Å²) in [4.78, 5) is 11.6. The van der Waals surface area contributed by atoms with Crippen LogP contribution in [0.1, 0.15) is 10.4 Å². The maximum absolute atomic E-state index is 11.6. The van der Waals surface area contributed by atoms with E-state index in [0.717, 1.165) is 5.39 Å². The number of Topliss-reactive ketones (excluding diaryl/α,β-unsaturated/α-hetero) is 1. The fourth-order valence-corrected chi connectivity index (χ4v) is 3.22. The molecule has 1 nitrogen and oxygen atoms in total. The first kappa shape index (κ1) is 10.8. The Labute approximate surface area is 108 Å². The molecule has 2 aromatic carbocycles. The molecule has 0 aliphatic heterocycles. The summed E-state index contributed by atoms with van der Waals surface area (Å²) in [5.74, 6) is 0.0111. The number of halogens is 1. The summed E-state index contributed by atoms with van der Waals surface area (Å²) in [5, 5.41) is 2.35. The minimum absolute atomic E-state index is 0.0242. The second kappa shape index (κ2) is 4.13. The second-order valence-corrected chi connectivity index (χ2v) is 5.22. The van der Waals surface area contributed by atoms with Crippen LogP contribution in [-0.2, 0) is 0 Å². The lowest BCUT2D eigenvalue weighted by molar-refractivity contribution is 0.102. The molecule has 0 saturated heterocycles. The van der Waals surface area contributed by atoms with Crippen LogP contribution in [0.4, 0.5) is 0 Å². The summed E-state index contributed by atoms with van der Waals surface area (Å²) in [6.45, 7) is 0. The highest BCUT2D eigenvalue weighted by molar-refractivity contribution is 7.25. The summed E-state index contributed by atoms with van der Waals surface area (Å²) in [6.07, 6.45) is 0. The number of alkyl halides is 1. The van der Waals surface area contributed by atoms with E-state index in [0.29, 0.717) is 5.56 Å². The number of hydrogen-bond donors (Lipinski definition) is 0. The van der Waals surface area contributed by atoms with Gasteiger partial charge in [0.1, 0.15) is 0 Å². The van der Waals surface area contributed by atoms with E-state index >= 15 is 0 Å². The van der Waals surface area contributed by atoms with Crippen molar-refractivity contribution < 1.29 is 4.79 Å². The van der Waals surface area contributed by atoms with Gasteiger partial charge in [-0.3, -0.25) is 4.79 Å². The predicted molar refractivity (Wildman–Crippen MR) is 74.4 cm³/mol. The van der Waals surface area contributed by atoms with Crippen LogP contribution in [0.2, 0.25) is 0 Å². The fraction of sp³-hybridized carbons (Fsp3) is 0.0714. The van der Waals surface area contributed by atoms with Crippen molar-refractivity contribution in [3.05, 3.63) is 48.0 Å². The van der Waals surface area contributed by atoms with Crippen molar-refractivity contribution in [2.45, 2.75) is 0 Å². The zero-order chi connectivity index (χ0) is 11.8. The molecule has 0 spiro atoms. The van der Waals surface area contributed by atoms with E-state index in [9.17, 15) is 4.79 Å². The molecule has 84 valence electrons. The van der Waals surface area contributed by atoms with Crippen molar-refractivity contribution in [1.82, 2.24) is 0 Å². The van der Waals surface area contributed by atoms with Gasteiger partial charge in [-0.2, -0.15) is 0 Å². The molecule has 3 heteroatoms. The first-order valence-electron chi connectivity index (χ1n) is 5.30. The van der Waals surface area contributed by atoms with Gasteiger partial charge in [0.2, 0.25) is 0 Å². The summed E-state index contributed by atoms with van der Waals surface area (Å²) in [6, 6.07) is 14.0. The fourth-order valence-electron chi connectivity index (χ4n) is 1.98. The number of ketones is 1. The summed E-state index contributed by atoms with van der Waals surface area (Å²) in [7, 11) is 0. The molecule has 17 heavy (non-hydrogen) atoms. The molecule has 0 unspecified atom stereocenters. The first-order chi connectivity index (χ1) is 8.29. The molecular formula is C14H9ClOS. The number of fused-ring (bicyclic) bond motifs is 3. The maximum atomic E-state index is 11.6. The zero-order valence-corrected chi connectivity index (χ0v) is 10.5. The number of carbonyl (C=O) groups excluding carboxylic acids is 1. The van der Waals surface area contributed by atoms with Crippen LogP contribution in [0.15, 0.2) is 42.5 Å². The Morgan fingerprint density at radius 1 is 1.06 bits per heavy atom. The van der Waals surface area contributed by atoms with E-state index in [2.05, 4.69) is 12.1 Å². The monoisotopic (exact) mass is 260 g/mol. The van der Waals surface area contributed by atoms with Crippen molar-refractivity contribution in [3.63, 3.8) is 0 Å². The predicted octanol–water partition coefficient (Wildman–Crippen LogP) is 4.48. The SMILES string of the molecule is O=C(CCl)c1ccc2sc3ccccc3c2c1. The Balaban J connectivity index is 2.33. The molecule has 0 radical (unpaired) electrons. The van der Waals surface area contributed by atoms with Gasteiger partial charge in [-0.25, -0.2) is 0 Å². The van der Waals surface area contributed by atoms with E-state index in [1.54, 1.807) is 11.3 Å². The van der Waals surface area contributed by atoms with Gasteiger partial charge in [-0.05, 0) is 24.3 Å². The van der Waals surface area contributed by atoms with Gasteiger partial charge in [0.05, 0.1) is 5.88 Å². The van der Waals surface area contributed by atoms with Gasteiger partial charge in [-0.15, -0.1) is 22.9 Å². The first-order valence-corrected chi connectivity index (χ1v) is 6.65. The standard InChI is InChI=1S/C14H9ClOS/c15-8-12(16)9-5-6-14-11(7-9)10-3-1-2-4-13(10)17-14/h1-7H,8H2. The molecule has 0 saturated carbocycles. The lowest BCUT2D eigenvalue weighted by atomic mass is 10.1. The topological polar surface area (TPSA) is 17.1 Å². The summed E-state index contributed by atoms with van der Waals surface area (Å²) < 4.78 is 2.45. The average molecular weight is 261 g/mol. The Bertz CT molecular complexity index is 714. The molecule has 0 amide bonds. The van der Waals surface area contributed by atoms with Gasteiger partial charge in [0.15, 0.2) is 5.78 Å². The second-order valence-electron chi connectivity index (χ2n) is 3.87. The van der Waals surface area contributed by atoms with Crippen molar-refractivity contribution in [2.75, 3.05) is 5.88 Å². The molecule has 0 aliphatic carbocycles. The van der Waals surface area contributed by atoms with Crippen molar-refractivity contribution in [3.8, 4) is 0 Å². The lowest BCUT2D eigenvalue weighted by Gasteiger charge is -1.97. The Morgan fingerprint density at radius 3 is 2.65 bits per heavy atom. The normalized spacial score (nSPS) is 11.1. The summed E-state index contributed by atoms with van der Waals surface area (Å²) in [5.41, 5.74) is 0.691. The molecule has 3 rings (SSSR count). The molecule has 1 heterocycles. The average Bonchev–Trinajstić information content (AvgIpc) is 2.75. The molecule has 1 aromatic heterocycles. The molecule has 0 aliphatic rings. The van der Waals surface area contributed by atoms with E-state index < -0.39 is 0 Å². The van der Waals surface area contributed by atoms with Gasteiger partial charge >= 0.3 is 0 Å². The summed E-state index contributed by atoms with van der Waals surface area (Å²) >= 11 is 7.33. The van der Waals surface area contributed by atoms with Crippen LogP contribution in [0.5, 0.6) is 0 Å². The lowest BCUT2D eigenvalue weighted by Crippen LogP contribution is -1.99. The smallest absolute Gasteiger partial charge is 0.177 e. The largest absolute Gasteiger partial charge is 0.293 e. The molecule has 0 N–H and O–H groups in total. The van der Waals surface area contributed by atoms with Crippen LogP contribution in [0.3, 0.4) is 0 Å². The molecule has 0 bridgehead atoms. The minimum atomic E-state index is -0.0242. The van der Waals surface area contributed by atoms with Gasteiger partial charge in [0, 0.05) is 25.7 Å². The van der Waals surface area contributed by atoms with Crippen LogP contribution in [0.25, 0.3) is 20.2 Å². The Morgan fingerprint density at radius 2 is 1.82 bits per heavy atom. The van der Waals surface area contributed by atoms with Crippen LogP contribution in [-0.4, -0.2) is 11.7 Å². The van der Waals surface area contributed by atoms with Gasteiger partial charge in [0.25, 0.3) is 0 Å². The number of carbonyl (C=O) groups is 1. The minimum Gasteiger partial charge on any atom is -0.293 e. The zero-order valence-electron chi connectivity index (χ0n) is 8.94. The molecule has 0 fully saturated rings. The maximum Gasteiger partial charge on any atom is 0.177 e. The highest BCUT2D eigenvalue weighted by atomic mass is 35.5. The van der Waals surface area contributed by atoms with E-state index in [1.807, 2.05) is 30.3 Å². The van der Waals surface area contributed by atoms with Crippen LogP contribution in [0, 0.1) is 0 Å². The Hall–Kier alpha value is -1.38. The number of benzene rings is 2. The highest BCUT2D eigenvalue weighted by Crippen LogP contribution is 2.34. The van der Waals surface area contributed by atoms with E-state index in [4.69, 9.17) is 11.6 Å². The van der Waals surface area contributed by atoms with E-state index in [1.165, 1.54) is 14.8 Å². The third-order valence-corrected chi connectivity index (χ3v) is 4.21. The Kier molecular flexibility index (Phi) is 2.61. The number of thiophene rings is 1. The van der Waals surface area contributed by atoms with Crippen molar-refractivity contribution in [1.29, 1.82) is 0 Å². The number of hydrogen-bond acceptors (Lipinski definition) is 2. The van der Waals surface area contributed by atoms with Crippen molar-refractivity contribution in [2.24, 2.45) is 0 Å². The quantitative estimate of drug-likeness (QED) is 0.491. The third kappa shape index (κ3) is 1.74. The van der Waals surface area contributed by atoms with Crippen LogP contribution < -0.4 is 0 Å². The third-order valence-electron chi connectivity index (χ3n) is 2.82. The van der Waals surface area contributed by atoms with E-state index in [-0.39, 0.29) is 11.7 Å². The number of rotatable bonds is 2. The van der Waals surface area contributed by atoms with Gasteiger partial charge < -0.3 is 0 Å². The molecule has 3 aromatic rings. The van der Waals surface area contributed by atoms with Gasteiger partial charge in [-0.1, -0.05) is 18.2 Å². The van der Waals surface area contributed by atoms with Crippen LogP contribution >= 0.6 is 22.9 Å². The highest BCUT2D eigenvalue weighted by Gasteiger charge is 2.08.